The molecule has 0 aliphatic carbocycles. The number of fused-ring (bicyclic) bond motifs is 1. The molecule has 2 aromatic carbocycles. The number of nitro groups is 1. The molecule has 0 saturated heterocycles. The Bertz CT molecular complexity index is 783. The van der Waals surface area contributed by atoms with Crippen molar-refractivity contribution >= 4 is 28.5 Å². The van der Waals surface area contributed by atoms with E-state index in [2.05, 4.69) is 9.97 Å². The largest absolute Gasteiger partial charge is 0.392 e. The Morgan fingerprint density at radius 3 is 2.81 bits per heavy atom. The Morgan fingerprint density at radius 2 is 2.10 bits per heavy atom. The zero-order valence-corrected chi connectivity index (χ0v) is 11.6. The first kappa shape index (κ1) is 13.6. The van der Waals surface area contributed by atoms with Crippen LogP contribution in [0.25, 0.3) is 11.0 Å². The number of rotatable bonds is 4. The smallest absolute Gasteiger partial charge is 0.269 e. The first-order valence-electron chi connectivity index (χ1n) is 6.18. The quantitative estimate of drug-likeness (QED) is 0.570. The molecule has 3 aromatic rings. The number of aliphatic hydroxyl groups is 1. The molecule has 0 amide bonds. The zero-order chi connectivity index (χ0) is 14.8. The van der Waals surface area contributed by atoms with Crippen molar-refractivity contribution in [2.45, 2.75) is 16.7 Å². The van der Waals surface area contributed by atoms with E-state index >= 15 is 0 Å². The van der Waals surface area contributed by atoms with Gasteiger partial charge >= 0.3 is 0 Å². The Hall–Kier alpha value is -2.38. The van der Waals surface area contributed by atoms with Crippen molar-refractivity contribution in [1.82, 2.24) is 9.97 Å². The predicted octanol–water partition coefficient (Wildman–Crippen LogP) is 3.11. The van der Waals surface area contributed by atoms with Gasteiger partial charge in [-0.25, -0.2) is 4.98 Å². The van der Waals surface area contributed by atoms with Gasteiger partial charge < -0.3 is 10.1 Å². The van der Waals surface area contributed by atoms with E-state index in [0.29, 0.717) is 10.7 Å². The van der Waals surface area contributed by atoms with Crippen LogP contribution in [-0.2, 0) is 6.61 Å². The van der Waals surface area contributed by atoms with Gasteiger partial charge in [0.2, 0.25) is 0 Å². The normalized spacial score (nSPS) is 10.9. The topological polar surface area (TPSA) is 92.0 Å². The summed E-state index contributed by atoms with van der Waals surface area (Å²) in [5.41, 5.74) is 2.25. The van der Waals surface area contributed by atoms with Gasteiger partial charge in [-0.2, -0.15) is 0 Å². The number of aromatic nitrogens is 2. The third-order valence-electron chi connectivity index (χ3n) is 3.00. The zero-order valence-electron chi connectivity index (χ0n) is 10.8. The van der Waals surface area contributed by atoms with Crippen molar-refractivity contribution in [1.29, 1.82) is 0 Å². The first-order valence-corrected chi connectivity index (χ1v) is 7.00. The molecule has 0 spiro atoms. The van der Waals surface area contributed by atoms with E-state index in [0.717, 1.165) is 15.9 Å². The summed E-state index contributed by atoms with van der Waals surface area (Å²) in [6.45, 7) is -0.260. The highest BCUT2D eigenvalue weighted by atomic mass is 32.2. The van der Waals surface area contributed by atoms with Crippen LogP contribution < -0.4 is 0 Å². The summed E-state index contributed by atoms with van der Waals surface area (Å²) in [5.74, 6) is 0. The maximum Gasteiger partial charge on any atom is 0.269 e. The number of aromatic amines is 1. The lowest BCUT2D eigenvalue weighted by Crippen LogP contribution is -1.93. The highest BCUT2D eigenvalue weighted by molar-refractivity contribution is 7.99. The van der Waals surface area contributed by atoms with Gasteiger partial charge in [-0.1, -0.05) is 23.9 Å². The van der Waals surface area contributed by atoms with Crippen LogP contribution in [0.15, 0.2) is 52.5 Å². The van der Waals surface area contributed by atoms with Crippen LogP contribution in [0.5, 0.6) is 0 Å². The Kier molecular flexibility index (Phi) is 3.59. The Balaban J connectivity index is 1.95. The molecule has 2 N–H and O–H groups in total. The predicted molar refractivity (Wildman–Crippen MR) is 79.2 cm³/mol. The Morgan fingerprint density at radius 1 is 1.29 bits per heavy atom. The second-order valence-corrected chi connectivity index (χ2v) is 5.40. The third kappa shape index (κ3) is 2.74. The fourth-order valence-electron chi connectivity index (χ4n) is 1.98. The third-order valence-corrected chi connectivity index (χ3v) is 4.00. The average molecular weight is 301 g/mol. The van der Waals surface area contributed by atoms with Gasteiger partial charge in [0.25, 0.3) is 5.69 Å². The van der Waals surface area contributed by atoms with Crippen LogP contribution >= 0.6 is 11.8 Å². The van der Waals surface area contributed by atoms with Crippen molar-refractivity contribution in [2.75, 3.05) is 0 Å². The molecule has 0 saturated carbocycles. The molecule has 6 nitrogen and oxygen atoms in total. The van der Waals surface area contributed by atoms with Gasteiger partial charge in [-0.05, 0) is 23.8 Å². The van der Waals surface area contributed by atoms with E-state index in [1.807, 2.05) is 24.3 Å². The minimum Gasteiger partial charge on any atom is -0.392 e. The maximum atomic E-state index is 10.8. The molecule has 0 atom stereocenters. The molecule has 0 radical (unpaired) electrons. The number of hydrogen-bond acceptors (Lipinski definition) is 5. The molecule has 0 aliphatic rings. The number of para-hydroxylation sites is 2. The summed E-state index contributed by atoms with van der Waals surface area (Å²) >= 11 is 1.34. The number of nitro benzene ring substituents is 1. The summed E-state index contributed by atoms with van der Waals surface area (Å²) in [6, 6.07) is 12.1. The van der Waals surface area contributed by atoms with Gasteiger partial charge in [0.1, 0.15) is 0 Å². The van der Waals surface area contributed by atoms with Gasteiger partial charge in [0.05, 0.1) is 22.6 Å². The van der Waals surface area contributed by atoms with Crippen molar-refractivity contribution < 1.29 is 10.0 Å². The summed E-state index contributed by atoms with van der Waals surface area (Å²) in [6.07, 6.45) is 0. The lowest BCUT2D eigenvalue weighted by atomic mass is 10.2. The van der Waals surface area contributed by atoms with Gasteiger partial charge in [-0.3, -0.25) is 10.1 Å². The Labute approximate surface area is 124 Å². The van der Waals surface area contributed by atoms with Crippen molar-refractivity contribution in [3.63, 3.8) is 0 Å². The number of imidazole rings is 1. The molecule has 7 heteroatoms. The molecule has 1 heterocycles. The van der Waals surface area contributed by atoms with Crippen molar-refractivity contribution in [3.05, 3.63) is 58.1 Å². The van der Waals surface area contributed by atoms with Gasteiger partial charge in [0, 0.05) is 17.0 Å². The summed E-state index contributed by atoms with van der Waals surface area (Å²) in [5, 5.41) is 20.8. The van der Waals surface area contributed by atoms with E-state index in [9.17, 15) is 15.2 Å². The van der Waals surface area contributed by atoms with E-state index in [4.69, 9.17) is 0 Å². The van der Waals surface area contributed by atoms with Gasteiger partial charge in [0.15, 0.2) is 5.16 Å². The molecule has 0 bridgehead atoms. The number of nitrogens with one attached hydrogen (secondary N) is 1. The lowest BCUT2D eigenvalue weighted by Gasteiger charge is -2.04. The minimum absolute atomic E-state index is 0.0343. The average Bonchev–Trinajstić information content (AvgIpc) is 2.89. The van der Waals surface area contributed by atoms with Gasteiger partial charge in [-0.15, -0.1) is 0 Å². The molecular formula is C14H11N3O3S. The molecule has 0 unspecified atom stereocenters. The summed E-state index contributed by atoms with van der Waals surface area (Å²) in [4.78, 5) is 18.6. The number of benzene rings is 2. The number of nitrogens with zero attached hydrogens (tertiary/aromatic N) is 2. The molecule has 0 fully saturated rings. The first-order chi connectivity index (χ1) is 10.2. The lowest BCUT2D eigenvalue weighted by molar-refractivity contribution is -0.385. The standard InChI is InChI=1S/C14H11N3O3S/c18-8-9-7-10(17(19)20)5-6-13(9)21-14-15-11-3-1-2-4-12(11)16-14/h1-7,18H,8H2,(H,15,16). The second-order valence-electron chi connectivity index (χ2n) is 4.37. The van der Waals surface area contributed by atoms with E-state index < -0.39 is 4.92 Å². The van der Waals surface area contributed by atoms with Crippen LogP contribution in [0.4, 0.5) is 5.69 Å². The van der Waals surface area contributed by atoms with E-state index in [-0.39, 0.29) is 12.3 Å². The summed E-state index contributed by atoms with van der Waals surface area (Å²) in [7, 11) is 0. The van der Waals surface area contributed by atoms with Crippen molar-refractivity contribution in [3.8, 4) is 0 Å². The number of aliphatic hydroxyl groups excluding tert-OH is 1. The fraction of sp³-hybridized carbons (Fsp3) is 0.0714. The minimum atomic E-state index is -0.477. The van der Waals surface area contributed by atoms with Crippen LogP contribution in [0.3, 0.4) is 0 Å². The fourth-order valence-corrected chi connectivity index (χ4v) is 2.89. The molecule has 21 heavy (non-hydrogen) atoms. The van der Waals surface area contributed by atoms with Crippen molar-refractivity contribution in [2.24, 2.45) is 0 Å². The second kappa shape index (κ2) is 5.55. The van der Waals surface area contributed by atoms with E-state index in [1.54, 1.807) is 6.07 Å². The molecule has 106 valence electrons. The number of non-ortho nitro benzene ring substituents is 1. The summed E-state index contributed by atoms with van der Waals surface area (Å²) < 4.78 is 0. The number of hydrogen-bond donors (Lipinski definition) is 2. The SMILES string of the molecule is O=[N+]([O-])c1ccc(Sc2nc3ccccc3[nH]2)c(CO)c1. The van der Waals surface area contributed by atoms with Crippen LogP contribution in [-0.4, -0.2) is 20.0 Å². The maximum absolute atomic E-state index is 10.8. The molecular weight excluding hydrogens is 290 g/mol. The molecule has 1 aromatic heterocycles. The van der Waals surface area contributed by atoms with Crippen LogP contribution in [0, 0.1) is 10.1 Å². The van der Waals surface area contributed by atoms with E-state index in [1.165, 1.54) is 23.9 Å². The molecule has 0 aliphatic heterocycles. The number of H-pyrrole nitrogens is 1. The molecule has 3 rings (SSSR count). The van der Waals surface area contributed by atoms with Crippen LogP contribution in [0.2, 0.25) is 0 Å². The monoisotopic (exact) mass is 301 g/mol. The highest BCUT2D eigenvalue weighted by Crippen LogP contribution is 2.32. The highest BCUT2D eigenvalue weighted by Gasteiger charge is 2.12. The van der Waals surface area contributed by atoms with Crippen LogP contribution in [0.1, 0.15) is 5.56 Å².